The SMILES string of the molecule is CCOC(=O)Cc1oc2ccc(C)cc2c1[S@@](C)=O. The number of hydrogen-bond donors (Lipinski definition) is 0. The quantitative estimate of drug-likeness (QED) is 0.808. The van der Waals surface area contributed by atoms with E-state index in [4.69, 9.17) is 9.15 Å². The third kappa shape index (κ3) is 2.87. The molecule has 2 rings (SSSR count). The van der Waals surface area contributed by atoms with Gasteiger partial charge in [-0.05, 0) is 26.0 Å². The molecule has 0 aliphatic rings. The topological polar surface area (TPSA) is 56.5 Å². The summed E-state index contributed by atoms with van der Waals surface area (Å²) in [5, 5.41) is 0.806. The molecule has 0 amide bonds. The van der Waals surface area contributed by atoms with Crippen molar-refractivity contribution in [2.75, 3.05) is 12.9 Å². The van der Waals surface area contributed by atoms with E-state index in [1.54, 1.807) is 13.2 Å². The minimum Gasteiger partial charge on any atom is -0.466 e. The van der Waals surface area contributed by atoms with E-state index in [0.29, 0.717) is 22.8 Å². The van der Waals surface area contributed by atoms with Gasteiger partial charge in [0, 0.05) is 11.6 Å². The van der Waals surface area contributed by atoms with Crippen molar-refractivity contribution in [2.45, 2.75) is 25.2 Å². The third-order valence-corrected chi connectivity index (χ3v) is 3.79. The van der Waals surface area contributed by atoms with Crippen molar-refractivity contribution in [3.05, 3.63) is 29.5 Å². The van der Waals surface area contributed by atoms with Crippen molar-refractivity contribution in [1.82, 2.24) is 0 Å². The maximum absolute atomic E-state index is 11.9. The highest BCUT2D eigenvalue weighted by Crippen LogP contribution is 2.29. The van der Waals surface area contributed by atoms with Crippen LogP contribution in [0.25, 0.3) is 11.0 Å². The van der Waals surface area contributed by atoms with E-state index in [1.165, 1.54) is 0 Å². The number of carbonyl (C=O) groups excluding carboxylic acids is 1. The Balaban J connectivity index is 2.51. The number of esters is 1. The van der Waals surface area contributed by atoms with Crippen LogP contribution in [-0.4, -0.2) is 23.0 Å². The molecule has 1 heterocycles. The van der Waals surface area contributed by atoms with E-state index < -0.39 is 10.8 Å². The Bertz CT molecular complexity index is 642. The van der Waals surface area contributed by atoms with E-state index in [0.717, 1.165) is 10.9 Å². The molecule has 19 heavy (non-hydrogen) atoms. The summed E-state index contributed by atoms with van der Waals surface area (Å²) in [7, 11) is -1.21. The van der Waals surface area contributed by atoms with E-state index in [-0.39, 0.29) is 12.4 Å². The standard InChI is InChI=1S/C14H16O4S/c1-4-17-13(15)8-12-14(19(3)16)10-7-9(2)5-6-11(10)18-12/h5-7H,4,8H2,1-3H3/t19-/m1/s1. The average Bonchev–Trinajstić information content (AvgIpc) is 2.66. The Morgan fingerprint density at radius 3 is 2.79 bits per heavy atom. The van der Waals surface area contributed by atoms with Crippen LogP contribution in [0.2, 0.25) is 0 Å². The Labute approximate surface area is 114 Å². The van der Waals surface area contributed by atoms with Crippen LogP contribution in [-0.2, 0) is 26.8 Å². The minimum atomic E-state index is -1.21. The maximum atomic E-state index is 11.9. The van der Waals surface area contributed by atoms with Gasteiger partial charge in [0.05, 0.1) is 22.3 Å². The number of benzene rings is 1. The molecule has 4 nitrogen and oxygen atoms in total. The molecule has 1 aromatic heterocycles. The molecule has 0 saturated heterocycles. The van der Waals surface area contributed by atoms with Gasteiger partial charge in [-0.1, -0.05) is 11.6 Å². The molecule has 102 valence electrons. The van der Waals surface area contributed by atoms with E-state index in [2.05, 4.69) is 0 Å². The zero-order chi connectivity index (χ0) is 14.0. The fourth-order valence-electron chi connectivity index (χ4n) is 2.01. The zero-order valence-corrected chi connectivity index (χ0v) is 12.0. The molecular weight excluding hydrogens is 264 g/mol. The molecule has 0 aliphatic heterocycles. The summed E-state index contributed by atoms with van der Waals surface area (Å²) in [5.41, 5.74) is 1.71. The van der Waals surface area contributed by atoms with Crippen LogP contribution in [0.15, 0.2) is 27.5 Å². The van der Waals surface area contributed by atoms with Crippen LogP contribution in [0.3, 0.4) is 0 Å². The monoisotopic (exact) mass is 280 g/mol. The summed E-state index contributed by atoms with van der Waals surface area (Å²) in [6.07, 6.45) is 1.60. The lowest BCUT2D eigenvalue weighted by atomic mass is 10.2. The number of furan rings is 1. The van der Waals surface area contributed by atoms with Gasteiger partial charge in [-0.3, -0.25) is 9.00 Å². The Morgan fingerprint density at radius 2 is 2.16 bits per heavy atom. The van der Waals surface area contributed by atoms with Crippen LogP contribution in [0.5, 0.6) is 0 Å². The van der Waals surface area contributed by atoms with Gasteiger partial charge in [-0.25, -0.2) is 0 Å². The van der Waals surface area contributed by atoms with Crippen molar-refractivity contribution < 1.29 is 18.2 Å². The molecule has 1 aromatic carbocycles. The number of rotatable bonds is 4. The first-order valence-corrected chi connectivity index (χ1v) is 7.59. The smallest absolute Gasteiger partial charge is 0.313 e. The second-order valence-electron chi connectivity index (χ2n) is 4.29. The summed E-state index contributed by atoms with van der Waals surface area (Å²) in [6.45, 7) is 4.03. The fraction of sp³-hybridized carbons (Fsp3) is 0.357. The second kappa shape index (κ2) is 5.57. The number of hydrogen-bond acceptors (Lipinski definition) is 4. The molecular formula is C14H16O4S. The molecule has 2 aromatic rings. The number of aryl methyl sites for hydroxylation is 1. The molecule has 0 N–H and O–H groups in total. The molecule has 0 unspecified atom stereocenters. The zero-order valence-electron chi connectivity index (χ0n) is 11.2. The third-order valence-electron chi connectivity index (χ3n) is 2.76. The molecule has 1 atom stereocenters. The van der Waals surface area contributed by atoms with Crippen LogP contribution >= 0.6 is 0 Å². The summed E-state index contributed by atoms with van der Waals surface area (Å²) >= 11 is 0. The first kappa shape index (κ1) is 13.8. The molecule has 0 bridgehead atoms. The summed E-state index contributed by atoms with van der Waals surface area (Å²) in [4.78, 5) is 12.1. The minimum absolute atomic E-state index is 0.0104. The van der Waals surface area contributed by atoms with Crippen molar-refractivity contribution >= 4 is 27.7 Å². The molecule has 0 radical (unpaired) electrons. The van der Waals surface area contributed by atoms with E-state index in [9.17, 15) is 9.00 Å². The lowest BCUT2D eigenvalue weighted by molar-refractivity contribution is -0.142. The summed E-state index contributed by atoms with van der Waals surface area (Å²) < 4.78 is 22.4. The van der Waals surface area contributed by atoms with Crippen molar-refractivity contribution in [3.63, 3.8) is 0 Å². The van der Waals surface area contributed by atoms with Crippen LogP contribution < -0.4 is 0 Å². The second-order valence-corrected chi connectivity index (χ2v) is 5.61. The number of carbonyl (C=O) groups is 1. The first-order chi connectivity index (χ1) is 9.02. The first-order valence-electron chi connectivity index (χ1n) is 6.04. The lowest BCUT2D eigenvalue weighted by Crippen LogP contribution is -2.08. The van der Waals surface area contributed by atoms with Crippen molar-refractivity contribution in [3.8, 4) is 0 Å². The maximum Gasteiger partial charge on any atom is 0.313 e. The van der Waals surface area contributed by atoms with Crippen LogP contribution in [0, 0.1) is 6.92 Å². The molecule has 0 saturated carbocycles. The summed E-state index contributed by atoms with van der Waals surface area (Å²) in [5.74, 6) is 0.0601. The predicted molar refractivity (Wildman–Crippen MR) is 73.6 cm³/mol. The normalized spacial score (nSPS) is 12.6. The largest absolute Gasteiger partial charge is 0.466 e. The van der Waals surface area contributed by atoms with Gasteiger partial charge in [-0.15, -0.1) is 0 Å². The highest BCUT2D eigenvalue weighted by molar-refractivity contribution is 7.84. The van der Waals surface area contributed by atoms with Gasteiger partial charge in [0.2, 0.25) is 0 Å². The highest BCUT2D eigenvalue weighted by Gasteiger charge is 2.20. The predicted octanol–water partition coefficient (Wildman–Crippen LogP) is 2.58. The highest BCUT2D eigenvalue weighted by atomic mass is 32.2. The van der Waals surface area contributed by atoms with Crippen molar-refractivity contribution in [2.24, 2.45) is 0 Å². The number of fused-ring (bicyclic) bond motifs is 1. The van der Waals surface area contributed by atoms with E-state index >= 15 is 0 Å². The molecule has 0 spiro atoms. The molecule has 0 aliphatic carbocycles. The Kier molecular flexibility index (Phi) is 4.04. The van der Waals surface area contributed by atoms with Gasteiger partial charge in [0.15, 0.2) is 0 Å². The van der Waals surface area contributed by atoms with Crippen LogP contribution in [0.1, 0.15) is 18.2 Å². The Hall–Kier alpha value is -1.62. The molecule has 0 fully saturated rings. The van der Waals surface area contributed by atoms with Gasteiger partial charge in [0.1, 0.15) is 17.8 Å². The van der Waals surface area contributed by atoms with Gasteiger partial charge >= 0.3 is 5.97 Å². The van der Waals surface area contributed by atoms with Crippen molar-refractivity contribution in [1.29, 1.82) is 0 Å². The number of ether oxygens (including phenoxy) is 1. The molecule has 5 heteroatoms. The summed E-state index contributed by atoms with van der Waals surface area (Å²) in [6, 6.07) is 5.67. The van der Waals surface area contributed by atoms with Crippen LogP contribution in [0.4, 0.5) is 0 Å². The lowest BCUT2D eigenvalue weighted by Gasteiger charge is -2.01. The van der Waals surface area contributed by atoms with E-state index in [1.807, 2.05) is 25.1 Å². The van der Waals surface area contributed by atoms with Gasteiger partial charge in [0.25, 0.3) is 0 Å². The average molecular weight is 280 g/mol. The van der Waals surface area contributed by atoms with Gasteiger partial charge < -0.3 is 9.15 Å². The van der Waals surface area contributed by atoms with Gasteiger partial charge in [-0.2, -0.15) is 0 Å². The Morgan fingerprint density at radius 1 is 1.42 bits per heavy atom. The fourth-order valence-corrected chi connectivity index (χ4v) is 2.92.